The maximum Gasteiger partial charge on any atom is 0.282 e. The molecule has 2 aromatic carbocycles. The van der Waals surface area contributed by atoms with Crippen LogP contribution in [0.25, 0.3) is 5.57 Å². The van der Waals surface area contributed by atoms with E-state index in [1.54, 1.807) is 4.90 Å². The van der Waals surface area contributed by atoms with Crippen LogP contribution in [0, 0.1) is 13.8 Å². The van der Waals surface area contributed by atoms with Gasteiger partial charge in [0.2, 0.25) is 0 Å². The molecule has 2 heterocycles. The molecule has 0 radical (unpaired) electrons. The third-order valence-corrected chi connectivity index (χ3v) is 5.94. The number of anilines is 2. The van der Waals surface area contributed by atoms with Crippen LogP contribution in [0.15, 0.2) is 71.7 Å². The fraction of sp³-hybridized carbons (Fsp3) is 0.130. The van der Waals surface area contributed by atoms with Gasteiger partial charge in [-0.3, -0.25) is 9.59 Å². The summed E-state index contributed by atoms with van der Waals surface area (Å²) in [7, 11) is 1.83. The predicted molar refractivity (Wildman–Crippen MR) is 114 cm³/mol. The number of benzene rings is 2. The van der Waals surface area contributed by atoms with Crippen LogP contribution in [0.2, 0.25) is 0 Å². The second-order valence-electron chi connectivity index (χ2n) is 6.81. The molecule has 2 amide bonds. The molecule has 0 unspecified atom stereocenters. The lowest BCUT2D eigenvalue weighted by Crippen LogP contribution is -2.34. The Morgan fingerprint density at radius 1 is 0.857 bits per heavy atom. The van der Waals surface area contributed by atoms with E-state index >= 15 is 0 Å². The lowest BCUT2D eigenvalue weighted by molar-refractivity contribution is -0.120. The van der Waals surface area contributed by atoms with E-state index in [0.29, 0.717) is 17.0 Å². The number of carbonyl (C=O) groups is 2. The van der Waals surface area contributed by atoms with Crippen LogP contribution in [0.5, 0.6) is 0 Å². The van der Waals surface area contributed by atoms with Gasteiger partial charge < -0.3 is 4.90 Å². The van der Waals surface area contributed by atoms with Gasteiger partial charge in [0.05, 0.1) is 11.3 Å². The summed E-state index contributed by atoms with van der Waals surface area (Å²) in [5.41, 5.74) is 4.47. The second-order valence-corrected chi connectivity index (χ2v) is 7.76. The van der Waals surface area contributed by atoms with Crippen LogP contribution in [-0.2, 0) is 9.59 Å². The van der Waals surface area contributed by atoms with E-state index in [1.165, 1.54) is 16.2 Å². The van der Waals surface area contributed by atoms with Gasteiger partial charge >= 0.3 is 0 Å². The minimum Gasteiger partial charge on any atom is -0.339 e. The maximum atomic E-state index is 13.4. The Bertz CT molecular complexity index is 1090. The Labute approximate surface area is 168 Å². The highest BCUT2D eigenvalue weighted by Crippen LogP contribution is 2.37. The highest BCUT2D eigenvalue weighted by atomic mass is 32.1. The standard InChI is InChI=1S/C23H20N2O2S/c1-15-11-12-18(14-16(15)2)25-22(26)20(19-10-7-13-28-19)21(23(25)27)24(3)17-8-5-4-6-9-17/h4-14H,1-3H3. The highest BCUT2D eigenvalue weighted by Gasteiger charge is 2.42. The van der Waals surface area contributed by atoms with Crippen molar-refractivity contribution in [3.8, 4) is 0 Å². The van der Waals surface area contributed by atoms with E-state index in [2.05, 4.69) is 0 Å². The quantitative estimate of drug-likeness (QED) is 0.604. The van der Waals surface area contributed by atoms with Crippen molar-refractivity contribution in [1.29, 1.82) is 0 Å². The summed E-state index contributed by atoms with van der Waals surface area (Å²) in [6.07, 6.45) is 0. The van der Waals surface area contributed by atoms with E-state index < -0.39 is 0 Å². The minimum absolute atomic E-state index is 0.284. The first kappa shape index (κ1) is 18.2. The van der Waals surface area contributed by atoms with Crippen molar-refractivity contribution in [2.75, 3.05) is 16.8 Å². The van der Waals surface area contributed by atoms with Gasteiger partial charge in [0.25, 0.3) is 11.8 Å². The summed E-state index contributed by atoms with van der Waals surface area (Å²) < 4.78 is 0. The van der Waals surface area contributed by atoms with Crippen LogP contribution in [0.4, 0.5) is 11.4 Å². The van der Waals surface area contributed by atoms with Crippen LogP contribution < -0.4 is 9.80 Å². The molecule has 1 aliphatic rings. The van der Waals surface area contributed by atoms with Crippen molar-refractivity contribution >= 4 is 40.1 Å². The number of amides is 2. The third kappa shape index (κ3) is 2.94. The molecule has 1 aliphatic heterocycles. The van der Waals surface area contributed by atoms with Crippen LogP contribution in [0.1, 0.15) is 16.0 Å². The van der Waals surface area contributed by atoms with Gasteiger partial charge in [-0.15, -0.1) is 11.3 Å². The Balaban J connectivity index is 1.86. The molecular weight excluding hydrogens is 368 g/mol. The number of carbonyl (C=O) groups excluding carboxylic acids is 2. The third-order valence-electron chi connectivity index (χ3n) is 5.05. The van der Waals surface area contributed by atoms with E-state index in [4.69, 9.17) is 0 Å². The van der Waals surface area contributed by atoms with Crippen LogP contribution in [0.3, 0.4) is 0 Å². The summed E-state index contributed by atoms with van der Waals surface area (Å²) in [6.45, 7) is 3.99. The van der Waals surface area contributed by atoms with Gasteiger partial charge in [-0.25, -0.2) is 4.90 Å². The lowest BCUT2D eigenvalue weighted by atomic mass is 10.1. The molecule has 0 N–H and O–H groups in total. The normalized spacial score (nSPS) is 14.2. The molecule has 140 valence electrons. The van der Waals surface area contributed by atoms with Gasteiger partial charge in [0, 0.05) is 17.6 Å². The zero-order valence-electron chi connectivity index (χ0n) is 16.0. The number of aryl methyl sites for hydroxylation is 2. The Morgan fingerprint density at radius 3 is 2.25 bits per heavy atom. The molecule has 5 heteroatoms. The Hall–Kier alpha value is -3.18. The van der Waals surface area contributed by atoms with E-state index in [0.717, 1.165) is 21.7 Å². The zero-order chi connectivity index (χ0) is 19.8. The SMILES string of the molecule is Cc1ccc(N2C(=O)C(c3cccs3)=C(N(C)c3ccccc3)C2=O)cc1C. The summed E-state index contributed by atoms with van der Waals surface area (Å²) >= 11 is 1.46. The Kier molecular flexibility index (Phi) is 4.61. The molecule has 4 nitrogen and oxygen atoms in total. The van der Waals surface area contributed by atoms with Crippen LogP contribution >= 0.6 is 11.3 Å². The number of para-hydroxylation sites is 1. The molecule has 0 fully saturated rings. The summed E-state index contributed by atoms with van der Waals surface area (Å²) in [6, 6.07) is 19.0. The lowest BCUT2D eigenvalue weighted by Gasteiger charge is -2.21. The molecule has 0 saturated heterocycles. The molecule has 0 spiro atoms. The van der Waals surface area contributed by atoms with Crippen molar-refractivity contribution in [3.05, 3.63) is 87.7 Å². The van der Waals surface area contributed by atoms with Crippen molar-refractivity contribution in [2.24, 2.45) is 0 Å². The van der Waals surface area contributed by atoms with E-state index in [9.17, 15) is 9.59 Å². The number of nitrogens with zero attached hydrogens (tertiary/aromatic N) is 2. The fourth-order valence-electron chi connectivity index (χ4n) is 3.35. The summed E-state index contributed by atoms with van der Waals surface area (Å²) in [5.74, 6) is -0.587. The van der Waals surface area contributed by atoms with Crippen molar-refractivity contribution in [1.82, 2.24) is 0 Å². The van der Waals surface area contributed by atoms with Gasteiger partial charge in [-0.05, 0) is 60.7 Å². The smallest absolute Gasteiger partial charge is 0.282 e. The van der Waals surface area contributed by atoms with Crippen LogP contribution in [-0.4, -0.2) is 18.9 Å². The first-order valence-corrected chi connectivity index (χ1v) is 9.90. The largest absolute Gasteiger partial charge is 0.339 e. The number of hydrogen-bond acceptors (Lipinski definition) is 4. The minimum atomic E-state index is -0.303. The molecule has 4 rings (SSSR count). The molecular formula is C23H20N2O2S. The molecule has 0 aliphatic carbocycles. The molecule has 28 heavy (non-hydrogen) atoms. The van der Waals surface area contributed by atoms with Gasteiger partial charge in [-0.1, -0.05) is 30.3 Å². The van der Waals surface area contributed by atoms with Gasteiger partial charge in [0.1, 0.15) is 5.70 Å². The van der Waals surface area contributed by atoms with Crippen molar-refractivity contribution in [3.63, 3.8) is 0 Å². The second kappa shape index (κ2) is 7.09. The zero-order valence-corrected chi connectivity index (χ0v) is 16.8. The average molecular weight is 388 g/mol. The predicted octanol–water partition coefficient (Wildman–Crippen LogP) is 4.79. The fourth-order valence-corrected chi connectivity index (χ4v) is 4.11. The number of thiophene rings is 1. The first-order valence-electron chi connectivity index (χ1n) is 9.02. The van der Waals surface area contributed by atoms with E-state index in [1.807, 2.05) is 86.9 Å². The average Bonchev–Trinajstić information content (AvgIpc) is 3.30. The highest BCUT2D eigenvalue weighted by molar-refractivity contribution is 7.11. The molecule has 0 saturated carbocycles. The molecule has 0 bridgehead atoms. The molecule has 1 aromatic heterocycles. The topological polar surface area (TPSA) is 40.6 Å². The number of imide groups is 1. The first-order chi connectivity index (χ1) is 13.5. The van der Waals surface area contributed by atoms with Gasteiger partial charge in [0.15, 0.2) is 0 Å². The number of likely N-dealkylation sites (N-methyl/N-ethyl adjacent to an activating group) is 1. The molecule has 3 aromatic rings. The Morgan fingerprint density at radius 2 is 1.61 bits per heavy atom. The summed E-state index contributed by atoms with van der Waals surface area (Å²) in [4.78, 5) is 30.7. The maximum absolute atomic E-state index is 13.4. The monoisotopic (exact) mass is 388 g/mol. The van der Waals surface area contributed by atoms with Crippen molar-refractivity contribution in [2.45, 2.75) is 13.8 Å². The van der Waals surface area contributed by atoms with E-state index in [-0.39, 0.29) is 11.8 Å². The number of rotatable bonds is 4. The van der Waals surface area contributed by atoms with Gasteiger partial charge in [-0.2, -0.15) is 0 Å². The summed E-state index contributed by atoms with van der Waals surface area (Å²) in [5, 5.41) is 1.92. The number of hydrogen-bond donors (Lipinski definition) is 0. The van der Waals surface area contributed by atoms with Crippen molar-refractivity contribution < 1.29 is 9.59 Å². The molecule has 0 atom stereocenters.